The quantitative estimate of drug-likeness (QED) is 0.695. The Morgan fingerprint density at radius 1 is 1.26 bits per heavy atom. The molecule has 0 aliphatic carbocycles. The van der Waals surface area contributed by atoms with E-state index in [2.05, 4.69) is 17.1 Å². The minimum Gasteiger partial charge on any atom is -0.379 e. The van der Waals surface area contributed by atoms with Gasteiger partial charge in [-0.05, 0) is 11.8 Å². The van der Waals surface area contributed by atoms with Crippen LogP contribution in [0.4, 0.5) is 0 Å². The molecule has 0 radical (unpaired) electrons. The van der Waals surface area contributed by atoms with Gasteiger partial charge in [-0.2, -0.15) is 0 Å². The van der Waals surface area contributed by atoms with Crippen molar-refractivity contribution in [1.82, 2.24) is 15.1 Å². The number of nitrogens with zero attached hydrogens (tertiary/aromatic N) is 2. The molecule has 0 spiro atoms. The van der Waals surface area contributed by atoms with Gasteiger partial charge in [-0.1, -0.05) is 20.8 Å². The molecule has 0 bridgehead atoms. The Hall–Kier alpha value is -1.18. The van der Waals surface area contributed by atoms with Gasteiger partial charge in [0.15, 0.2) is 0 Å². The van der Waals surface area contributed by atoms with E-state index < -0.39 is 6.04 Å². The van der Waals surface area contributed by atoms with Gasteiger partial charge in [-0.15, -0.1) is 0 Å². The molecule has 2 fully saturated rings. The summed E-state index contributed by atoms with van der Waals surface area (Å²) in [7, 11) is 0. The van der Waals surface area contributed by atoms with Crippen LogP contribution in [0.5, 0.6) is 0 Å². The molecule has 7 heteroatoms. The first-order chi connectivity index (χ1) is 10.9. The molecule has 0 aromatic rings. The zero-order valence-corrected chi connectivity index (χ0v) is 14.5. The van der Waals surface area contributed by atoms with Crippen LogP contribution in [-0.2, 0) is 14.3 Å². The molecule has 2 aliphatic heterocycles. The Bertz CT molecular complexity index is 424. The number of nitrogens with one attached hydrogen (secondary N) is 1. The standard InChI is InChI=1S/C16H30N4O3/c1-11(2)15(17)16(22)18-8-14(21)20-9-12(3)13(10-20)19-4-6-23-7-5-19/h11-13,15H,4-10,17H2,1-3H3,(H,18,22)/t12?,13?,15-/m0/s1. The van der Waals surface area contributed by atoms with Gasteiger partial charge >= 0.3 is 0 Å². The van der Waals surface area contributed by atoms with Crippen molar-refractivity contribution in [2.24, 2.45) is 17.6 Å². The van der Waals surface area contributed by atoms with Crippen molar-refractivity contribution >= 4 is 11.8 Å². The second kappa shape index (κ2) is 8.08. The zero-order chi connectivity index (χ0) is 17.0. The zero-order valence-electron chi connectivity index (χ0n) is 14.5. The van der Waals surface area contributed by atoms with Crippen molar-refractivity contribution in [2.45, 2.75) is 32.9 Å². The molecule has 0 saturated carbocycles. The summed E-state index contributed by atoms with van der Waals surface area (Å²) in [6.07, 6.45) is 0. The van der Waals surface area contributed by atoms with Crippen LogP contribution in [0.3, 0.4) is 0 Å². The van der Waals surface area contributed by atoms with Crippen LogP contribution < -0.4 is 11.1 Å². The van der Waals surface area contributed by atoms with Crippen LogP contribution in [-0.4, -0.2) is 79.6 Å². The van der Waals surface area contributed by atoms with Crippen molar-refractivity contribution < 1.29 is 14.3 Å². The molecule has 0 aromatic heterocycles. The van der Waals surface area contributed by atoms with Crippen LogP contribution in [0.1, 0.15) is 20.8 Å². The van der Waals surface area contributed by atoms with Crippen molar-refractivity contribution in [3.05, 3.63) is 0 Å². The lowest BCUT2D eigenvalue weighted by Gasteiger charge is -2.34. The fraction of sp³-hybridized carbons (Fsp3) is 0.875. The second-order valence-electron chi connectivity index (χ2n) is 6.98. The maximum Gasteiger partial charge on any atom is 0.242 e. The molecule has 3 atom stereocenters. The number of rotatable bonds is 5. The van der Waals surface area contributed by atoms with Crippen molar-refractivity contribution in [1.29, 1.82) is 0 Å². The molecule has 2 rings (SSSR count). The minimum atomic E-state index is -0.568. The summed E-state index contributed by atoms with van der Waals surface area (Å²) in [4.78, 5) is 28.5. The van der Waals surface area contributed by atoms with Crippen LogP contribution in [0.15, 0.2) is 0 Å². The second-order valence-corrected chi connectivity index (χ2v) is 6.98. The summed E-state index contributed by atoms with van der Waals surface area (Å²) in [6.45, 7) is 10.8. The average Bonchev–Trinajstić information content (AvgIpc) is 2.94. The molecule has 2 unspecified atom stereocenters. The van der Waals surface area contributed by atoms with Crippen LogP contribution in [0, 0.1) is 11.8 Å². The molecule has 2 aliphatic rings. The molecule has 7 nitrogen and oxygen atoms in total. The number of nitrogens with two attached hydrogens (primary N) is 1. The Morgan fingerprint density at radius 3 is 2.52 bits per heavy atom. The van der Waals surface area contributed by atoms with E-state index in [9.17, 15) is 9.59 Å². The number of carbonyl (C=O) groups is 2. The number of hydrogen-bond acceptors (Lipinski definition) is 5. The van der Waals surface area contributed by atoms with E-state index in [1.807, 2.05) is 18.7 Å². The predicted molar refractivity (Wildman–Crippen MR) is 87.7 cm³/mol. The monoisotopic (exact) mass is 326 g/mol. The summed E-state index contributed by atoms with van der Waals surface area (Å²) < 4.78 is 5.39. The van der Waals surface area contributed by atoms with E-state index in [1.165, 1.54) is 0 Å². The summed E-state index contributed by atoms with van der Waals surface area (Å²) in [5.74, 6) is 0.204. The van der Waals surface area contributed by atoms with Gasteiger partial charge < -0.3 is 20.7 Å². The summed E-state index contributed by atoms with van der Waals surface area (Å²) >= 11 is 0. The summed E-state index contributed by atoms with van der Waals surface area (Å²) in [5.41, 5.74) is 5.79. The minimum absolute atomic E-state index is 0.0296. The van der Waals surface area contributed by atoms with E-state index in [0.717, 1.165) is 39.4 Å². The lowest BCUT2D eigenvalue weighted by atomic mass is 10.0. The largest absolute Gasteiger partial charge is 0.379 e. The van der Waals surface area contributed by atoms with Gasteiger partial charge in [0.05, 0.1) is 25.8 Å². The third kappa shape index (κ3) is 4.65. The molecule has 3 N–H and O–H groups in total. The number of carbonyl (C=O) groups excluding carboxylic acids is 2. The van der Waals surface area contributed by atoms with E-state index in [4.69, 9.17) is 10.5 Å². The van der Waals surface area contributed by atoms with Gasteiger partial charge in [-0.25, -0.2) is 0 Å². The normalized spacial score (nSPS) is 27.3. The average molecular weight is 326 g/mol. The fourth-order valence-electron chi connectivity index (χ4n) is 3.23. The highest BCUT2D eigenvalue weighted by molar-refractivity contribution is 5.87. The molecular weight excluding hydrogens is 296 g/mol. The van der Waals surface area contributed by atoms with Gasteiger partial charge in [0, 0.05) is 32.2 Å². The first-order valence-corrected chi connectivity index (χ1v) is 8.53. The van der Waals surface area contributed by atoms with Gasteiger partial charge in [-0.3, -0.25) is 14.5 Å². The van der Waals surface area contributed by atoms with Gasteiger partial charge in [0.1, 0.15) is 0 Å². The van der Waals surface area contributed by atoms with E-state index >= 15 is 0 Å². The third-order valence-corrected chi connectivity index (χ3v) is 4.87. The van der Waals surface area contributed by atoms with Crippen LogP contribution in [0.2, 0.25) is 0 Å². The SMILES string of the molecule is CC1CN(C(=O)CNC(=O)[C@@H](N)C(C)C)CC1N1CCOCC1. The van der Waals surface area contributed by atoms with E-state index in [1.54, 1.807) is 0 Å². The highest BCUT2D eigenvalue weighted by atomic mass is 16.5. The number of amides is 2. The number of likely N-dealkylation sites (tertiary alicyclic amines) is 1. The van der Waals surface area contributed by atoms with E-state index in [-0.39, 0.29) is 24.3 Å². The first-order valence-electron chi connectivity index (χ1n) is 8.53. The van der Waals surface area contributed by atoms with Gasteiger partial charge in [0.25, 0.3) is 0 Å². The number of hydrogen-bond donors (Lipinski definition) is 2. The molecule has 132 valence electrons. The molecule has 2 amide bonds. The van der Waals surface area contributed by atoms with Crippen LogP contribution in [0.25, 0.3) is 0 Å². The lowest BCUT2D eigenvalue weighted by molar-refractivity contribution is -0.132. The Kier molecular flexibility index (Phi) is 6.38. The van der Waals surface area contributed by atoms with Crippen molar-refractivity contribution in [3.8, 4) is 0 Å². The highest BCUT2D eigenvalue weighted by Crippen LogP contribution is 2.22. The number of morpholine rings is 1. The first kappa shape index (κ1) is 18.2. The molecule has 2 heterocycles. The highest BCUT2D eigenvalue weighted by Gasteiger charge is 2.36. The maximum atomic E-state index is 12.3. The predicted octanol–water partition coefficient (Wildman–Crippen LogP) is -0.735. The van der Waals surface area contributed by atoms with Gasteiger partial charge in [0.2, 0.25) is 11.8 Å². The molecular formula is C16H30N4O3. The fourth-order valence-corrected chi connectivity index (χ4v) is 3.23. The smallest absolute Gasteiger partial charge is 0.242 e. The van der Waals surface area contributed by atoms with E-state index in [0.29, 0.717) is 12.0 Å². The Labute approximate surface area is 138 Å². The lowest BCUT2D eigenvalue weighted by Crippen LogP contribution is -2.49. The van der Waals surface area contributed by atoms with Crippen molar-refractivity contribution in [3.63, 3.8) is 0 Å². The molecule has 2 saturated heterocycles. The third-order valence-electron chi connectivity index (χ3n) is 4.87. The maximum absolute atomic E-state index is 12.3. The Morgan fingerprint density at radius 2 is 1.91 bits per heavy atom. The summed E-state index contributed by atoms with van der Waals surface area (Å²) in [6, 6.07) is -0.183. The molecule has 23 heavy (non-hydrogen) atoms. The van der Waals surface area contributed by atoms with Crippen molar-refractivity contribution in [2.75, 3.05) is 45.9 Å². The van der Waals surface area contributed by atoms with Crippen LogP contribution >= 0.6 is 0 Å². The number of ether oxygens (including phenoxy) is 1. The molecule has 0 aromatic carbocycles. The summed E-state index contributed by atoms with van der Waals surface area (Å²) in [5, 5.41) is 2.66. The topological polar surface area (TPSA) is 87.9 Å². The Balaban J connectivity index is 1.80.